The number of ether oxygens (including phenoxy) is 2. The Morgan fingerprint density at radius 1 is 1.35 bits per heavy atom. The van der Waals surface area contributed by atoms with Crippen LogP contribution in [-0.2, 0) is 20.7 Å². The summed E-state index contributed by atoms with van der Waals surface area (Å²) in [6.45, 7) is 5.39. The summed E-state index contributed by atoms with van der Waals surface area (Å²) in [4.78, 5) is 23.4. The van der Waals surface area contributed by atoms with Crippen molar-refractivity contribution in [3.8, 4) is 0 Å². The Bertz CT molecular complexity index is 604. The van der Waals surface area contributed by atoms with Crippen LogP contribution in [0.25, 0.3) is 0 Å². The fraction of sp³-hybridized carbons (Fsp3) is 0.412. The van der Waals surface area contributed by atoms with Gasteiger partial charge in [-0.1, -0.05) is 28.1 Å². The first-order valence-corrected chi connectivity index (χ1v) is 8.15. The van der Waals surface area contributed by atoms with E-state index in [-0.39, 0.29) is 0 Å². The van der Waals surface area contributed by atoms with Gasteiger partial charge in [0.25, 0.3) is 0 Å². The highest BCUT2D eigenvalue weighted by Gasteiger charge is 2.29. The molecule has 0 fully saturated rings. The Hall–Kier alpha value is -1.82. The number of amides is 1. The predicted molar refractivity (Wildman–Crippen MR) is 90.0 cm³/mol. The molecule has 1 heterocycles. The third kappa shape index (κ3) is 5.71. The monoisotopic (exact) mass is 381 g/mol. The molecule has 6 heteroatoms. The van der Waals surface area contributed by atoms with Gasteiger partial charge in [0.15, 0.2) is 0 Å². The van der Waals surface area contributed by atoms with Crippen molar-refractivity contribution >= 4 is 28.0 Å². The van der Waals surface area contributed by atoms with Crippen LogP contribution in [0.3, 0.4) is 0 Å². The molecule has 23 heavy (non-hydrogen) atoms. The lowest BCUT2D eigenvalue weighted by atomic mass is 10.0. The van der Waals surface area contributed by atoms with Crippen LogP contribution >= 0.6 is 15.9 Å². The molecule has 0 bridgehead atoms. The lowest BCUT2D eigenvalue weighted by Crippen LogP contribution is -2.46. The number of rotatable bonds is 4. The van der Waals surface area contributed by atoms with Crippen LogP contribution in [0.5, 0.6) is 0 Å². The van der Waals surface area contributed by atoms with Gasteiger partial charge in [-0.05, 0) is 51.0 Å². The minimum Gasteiger partial charge on any atom is -0.453 e. The lowest BCUT2D eigenvalue weighted by molar-refractivity contribution is -0.139. The van der Waals surface area contributed by atoms with Crippen molar-refractivity contribution in [1.29, 1.82) is 0 Å². The van der Waals surface area contributed by atoms with Crippen molar-refractivity contribution in [1.82, 2.24) is 5.32 Å². The maximum absolute atomic E-state index is 12.0. The molecule has 2 rings (SSSR count). The molecule has 0 saturated carbocycles. The van der Waals surface area contributed by atoms with Crippen molar-refractivity contribution in [2.24, 2.45) is 0 Å². The zero-order chi connectivity index (χ0) is 17.0. The van der Waals surface area contributed by atoms with E-state index >= 15 is 0 Å². The molecule has 0 saturated heterocycles. The molecule has 124 valence electrons. The third-order valence-electron chi connectivity index (χ3n) is 3.14. The summed E-state index contributed by atoms with van der Waals surface area (Å²) in [7, 11) is 0. The van der Waals surface area contributed by atoms with E-state index in [9.17, 15) is 9.59 Å². The van der Waals surface area contributed by atoms with Gasteiger partial charge in [0, 0.05) is 10.5 Å². The van der Waals surface area contributed by atoms with Crippen molar-refractivity contribution in [2.75, 3.05) is 0 Å². The van der Waals surface area contributed by atoms with Gasteiger partial charge in [-0.25, -0.2) is 9.59 Å². The van der Waals surface area contributed by atoms with E-state index in [0.29, 0.717) is 6.42 Å². The van der Waals surface area contributed by atoms with E-state index in [1.807, 2.05) is 24.3 Å². The predicted octanol–water partition coefficient (Wildman–Crippen LogP) is 3.37. The number of alkyl carbamates (subject to hydrolysis) is 1. The number of hydrogen-bond acceptors (Lipinski definition) is 4. The van der Waals surface area contributed by atoms with Crippen molar-refractivity contribution in [2.45, 2.75) is 44.9 Å². The topological polar surface area (TPSA) is 64.6 Å². The van der Waals surface area contributed by atoms with E-state index in [1.54, 1.807) is 26.8 Å². The molecule has 0 aliphatic carbocycles. The van der Waals surface area contributed by atoms with Gasteiger partial charge in [-0.3, -0.25) is 0 Å². The van der Waals surface area contributed by atoms with E-state index < -0.39 is 29.8 Å². The summed E-state index contributed by atoms with van der Waals surface area (Å²) in [6.07, 6.45) is 2.52. The Balaban J connectivity index is 2.08. The average Bonchev–Trinajstić information content (AvgIpc) is 2.85. The Morgan fingerprint density at radius 2 is 2.00 bits per heavy atom. The summed E-state index contributed by atoms with van der Waals surface area (Å²) < 4.78 is 11.5. The smallest absolute Gasteiger partial charge is 0.408 e. The van der Waals surface area contributed by atoms with Gasteiger partial charge in [0.2, 0.25) is 0 Å². The second-order valence-corrected chi connectivity index (χ2v) is 7.26. The normalized spacial score (nSPS) is 18.4. The number of nitrogens with one attached hydrogen (secondary N) is 1. The molecule has 0 spiro atoms. The number of carbonyl (C=O) groups excluding carboxylic acids is 2. The first-order valence-electron chi connectivity index (χ1n) is 7.36. The van der Waals surface area contributed by atoms with Crippen LogP contribution < -0.4 is 5.32 Å². The lowest BCUT2D eigenvalue weighted by Gasteiger charge is -2.26. The molecule has 1 aliphatic rings. The Kier molecular flexibility index (Phi) is 5.46. The van der Waals surface area contributed by atoms with E-state index in [2.05, 4.69) is 21.2 Å². The molecule has 1 amide bonds. The zero-order valence-electron chi connectivity index (χ0n) is 13.3. The van der Waals surface area contributed by atoms with Crippen molar-refractivity contribution < 1.29 is 19.1 Å². The SMILES string of the molecule is CC(C)(C)OC(=O)NC(Cc1ccc(Br)cc1)C1C=CC(=O)O1. The van der Waals surface area contributed by atoms with Gasteiger partial charge in [-0.2, -0.15) is 0 Å². The third-order valence-corrected chi connectivity index (χ3v) is 3.67. The fourth-order valence-electron chi connectivity index (χ4n) is 2.19. The summed E-state index contributed by atoms with van der Waals surface area (Å²) >= 11 is 3.39. The van der Waals surface area contributed by atoms with E-state index in [1.165, 1.54) is 6.08 Å². The number of esters is 1. The highest BCUT2D eigenvalue weighted by Crippen LogP contribution is 2.17. The fourth-order valence-corrected chi connectivity index (χ4v) is 2.45. The summed E-state index contributed by atoms with van der Waals surface area (Å²) in [5.41, 5.74) is 0.430. The van der Waals surface area contributed by atoms with Gasteiger partial charge in [0.05, 0.1) is 6.04 Å². The molecule has 2 unspecified atom stereocenters. The van der Waals surface area contributed by atoms with Crippen molar-refractivity contribution in [3.05, 3.63) is 46.5 Å². The molecule has 1 aromatic rings. The first-order chi connectivity index (χ1) is 10.7. The maximum atomic E-state index is 12.0. The highest BCUT2D eigenvalue weighted by molar-refractivity contribution is 9.10. The molecular weight excluding hydrogens is 362 g/mol. The number of carbonyl (C=O) groups is 2. The van der Waals surface area contributed by atoms with Gasteiger partial charge in [0.1, 0.15) is 11.7 Å². The Morgan fingerprint density at radius 3 is 2.52 bits per heavy atom. The van der Waals surface area contributed by atoms with E-state index in [4.69, 9.17) is 9.47 Å². The van der Waals surface area contributed by atoms with Crippen LogP contribution in [0.15, 0.2) is 40.9 Å². The molecule has 1 N–H and O–H groups in total. The molecule has 1 aliphatic heterocycles. The quantitative estimate of drug-likeness (QED) is 0.812. The number of hydrogen-bond donors (Lipinski definition) is 1. The van der Waals surface area contributed by atoms with Crippen LogP contribution in [-0.4, -0.2) is 29.8 Å². The van der Waals surface area contributed by atoms with Crippen LogP contribution in [0.2, 0.25) is 0 Å². The second-order valence-electron chi connectivity index (χ2n) is 6.34. The number of benzene rings is 1. The largest absolute Gasteiger partial charge is 0.453 e. The van der Waals surface area contributed by atoms with Crippen molar-refractivity contribution in [3.63, 3.8) is 0 Å². The van der Waals surface area contributed by atoms with E-state index in [0.717, 1.165) is 10.0 Å². The van der Waals surface area contributed by atoms with Gasteiger partial charge in [-0.15, -0.1) is 0 Å². The minimum absolute atomic E-state index is 0.395. The van der Waals surface area contributed by atoms with Crippen LogP contribution in [0.1, 0.15) is 26.3 Å². The second kappa shape index (κ2) is 7.17. The number of cyclic esters (lactones) is 1. The average molecular weight is 382 g/mol. The summed E-state index contributed by atoms with van der Waals surface area (Å²) in [5, 5.41) is 2.80. The maximum Gasteiger partial charge on any atom is 0.408 e. The van der Waals surface area contributed by atoms with Crippen LogP contribution in [0, 0.1) is 0 Å². The van der Waals surface area contributed by atoms with Crippen LogP contribution in [0.4, 0.5) is 4.79 Å². The molecule has 2 atom stereocenters. The summed E-state index contributed by atoms with van der Waals surface area (Å²) in [6, 6.07) is 7.36. The van der Waals surface area contributed by atoms with Gasteiger partial charge < -0.3 is 14.8 Å². The molecular formula is C17H20BrNO4. The standard InChI is InChI=1S/C17H20BrNO4/c1-17(2,3)23-16(21)19-13(14-8-9-15(20)22-14)10-11-4-6-12(18)7-5-11/h4-9,13-14H,10H2,1-3H3,(H,19,21). The first kappa shape index (κ1) is 17.5. The molecule has 5 nitrogen and oxygen atoms in total. The Labute approximate surface area is 144 Å². The van der Waals surface area contributed by atoms with Gasteiger partial charge >= 0.3 is 12.1 Å². The number of halogens is 1. The molecule has 0 radical (unpaired) electrons. The minimum atomic E-state index is -0.589. The highest BCUT2D eigenvalue weighted by atomic mass is 79.9. The molecule has 1 aromatic carbocycles. The summed E-state index contributed by atoms with van der Waals surface area (Å²) in [5.74, 6) is -0.401. The molecule has 0 aromatic heterocycles. The zero-order valence-corrected chi connectivity index (χ0v) is 14.9.